The summed E-state index contributed by atoms with van der Waals surface area (Å²) in [6, 6.07) is 14.0. The van der Waals surface area contributed by atoms with Crippen LogP contribution in [-0.2, 0) is 0 Å². The molecule has 26 heavy (non-hydrogen) atoms. The van der Waals surface area contributed by atoms with Crippen LogP contribution in [0.3, 0.4) is 0 Å². The van der Waals surface area contributed by atoms with Gasteiger partial charge in [0.15, 0.2) is 11.6 Å². The van der Waals surface area contributed by atoms with Crippen molar-refractivity contribution in [1.82, 2.24) is 9.97 Å². The monoisotopic (exact) mass is 354 g/mol. The highest BCUT2D eigenvalue weighted by Crippen LogP contribution is 2.20. The second kappa shape index (κ2) is 7.26. The van der Waals surface area contributed by atoms with Gasteiger partial charge in [-0.05, 0) is 31.2 Å². The molecule has 0 spiro atoms. The van der Waals surface area contributed by atoms with E-state index in [1.807, 2.05) is 30.3 Å². The largest absolute Gasteiger partial charge is 0.340 e. The van der Waals surface area contributed by atoms with Crippen molar-refractivity contribution in [2.75, 3.05) is 17.3 Å². The maximum Gasteiger partial charge on any atom is 0.276 e. The van der Waals surface area contributed by atoms with Crippen molar-refractivity contribution in [3.05, 3.63) is 77.8 Å². The fourth-order valence-corrected chi connectivity index (χ4v) is 2.40. The van der Waals surface area contributed by atoms with Crippen LogP contribution in [0.2, 0.25) is 0 Å². The lowest BCUT2D eigenvalue weighted by molar-refractivity contribution is 0.0988. The average Bonchev–Trinajstić information content (AvgIpc) is 2.64. The van der Waals surface area contributed by atoms with Crippen LogP contribution in [0.4, 0.5) is 26.0 Å². The molecule has 1 aromatic heterocycles. The Morgan fingerprint density at radius 3 is 2.42 bits per heavy atom. The van der Waals surface area contributed by atoms with Crippen LogP contribution < -0.4 is 10.2 Å². The molecule has 0 bridgehead atoms. The minimum Gasteiger partial charge on any atom is -0.340 e. The highest BCUT2D eigenvalue weighted by Gasteiger charge is 2.17. The van der Waals surface area contributed by atoms with E-state index in [0.29, 0.717) is 17.3 Å². The maximum atomic E-state index is 13.4. The highest BCUT2D eigenvalue weighted by molar-refractivity contribution is 6.04. The smallest absolute Gasteiger partial charge is 0.276 e. The third-order valence-electron chi connectivity index (χ3n) is 3.70. The molecule has 0 aliphatic heterocycles. The van der Waals surface area contributed by atoms with Crippen LogP contribution in [0, 0.1) is 18.6 Å². The van der Waals surface area contributed by atoms with Gasteiger partial charge in [-0.15, -0.1) is 0 Å². The molecule has 5 nitrogen and oxygen atoms in total. The zero-order valence-electron chi connectivity index (χ0n) is 14.2. The standard InChI is InChI=1S/C19H16F2N4O/c1-12-22-17(19(26)25(2)14-6-4-3-5-7-14)11-18(23-12)24-13-8-9-15(20)16(21)10-13/h3-11H,1-2H3,(H,22,23,24). The van der Waals surface area contributed by atoms with Gasteiger partial charge in [-0.3, -0.25) is 4.79 Å². The molecule has 0 aliphatic rings. The predicted octanol–water partition coefficient (Wildman–Crippen LogP) is 4.08. The van der Waals surface area contributed by atoms with Gasteiger partial charge in [0.25, 0.3) is 5.91 Å². The normalized spacial score (nSPS) is 10.5. The highest BCUT2D eigenvalue weighted by atomic mass is 19.2. The number of hydrogen-bond acceptors (Lipinski definition) is 4. The van der Waals surface area contributed by atoms with Crippen LogP contribution >= 0.6 is 0 Å². The van der Waals surface area contributed by atoms with E-state index in [1.54, 1.807) is 14.0 Å². The first-order valence-corrected chi connectivity index (χ1v) is 7.85. The summed E-state index contributed by atoms with van der Waals surface area (Å²) in [5.41, 5.74) is 1.23. The van der Waals surface area contributed by atoms with Gasteiger partial charge in [0.05, 0.1) is 0 Å². The van der Waals surface area contributed by atoms with E-state index in [4.69, 9.17) is 0 Å². The van der Waals surface area contributed by atoms with Gasteiger partial charge in [-0.1, -0.05) is 18.2 Å². The van der Waals surface area contributed by atoms with Crippen LogP contribution in [-0.4, -0.2) is 22.9 Å². The molecule has 132 valence electrons. The topological polar surface area (TPSA) is 58.1 Å². The van der Waals surface area contributed by atoms with Crippen molar-refractivity contribution in [3.63, 3.8) is 0 Å². The van der Waals surface area contributed by atoms with E-state index >= 15 is 0 Å². The summed E-state index contributed by atoms with van der Waals surface area (Å²) in [5.74, 6) is -1.53. The number of benzene rings is 2. The van der Waals surface area contributed by atoms with Gasteiger partial charge >= 0.3 is 0 Å². The summed E-state index contributed by atoms with van der Waals surface area (Å²) < 4.78 is 26.4. The number of anilines is 3. The number of aromatic nitrogens is 2. The lowest BCUT2D eigenvalue weighted by Crippen LogP contribution is -2.27. The van der Waals surface area contributed by atoms with Crippen LogP contribution in [0.15, 0.2) is 54.6 Å². The molecule has 0 unspecified atom stereocenters. The van der Waals surface area contributed by atoms with Crippen molar-refractivity contribution < 1.29 is 13.6 Å². The van der Waals surface area contributed by atoms with Crippen LogP contribution in [0.25, 0.3) is 0 Å². The van der Waals surface area contributed by atoms with Crippen LogP contribution in [0.5, 0.6) is 0 Å². The summed E-state index contributed by atoms with van der Waals surface area (Å²) >= 11 is 0. The Labute approximate surface area is 149 Å². The molecule has 3 aromatic rings. The summed E-state index contributed by atoms with van der Waals surface area (Å²) in [6.07, 6.45) is 0. The quantitative estimate of drug-likeness (QED) is 0.767. The number of para-hydroxylation sites is 1. The van der Waals surface area contributed by atoms with E-state index < -0.39 is 11.6 Å². The fraction of sp³-hybridized carbons (Fsp3) is 0.105. The lowest BCUT2D eigenvalue weighted by Gasteiger charge is -2.17. The second-order valence-corrected chi connectivity index (χ2v) is 5.64. The first-order chi connectivity index (χ1) is 12.4. The number of halogens is 2. The number of hydrogen-bond donors (Lipinski definition) is 1. The summed E-state index contributed by atoms with van der Waals surface area (Å²) in [4.78, 5) is 22.5. The molecule has 7 heteroatoms. The summed E-state index contributed by atoms with van der Waals surface area (Å²) in [6.45, 7) is 1.65. The third-order valence-corrected chi connectivity index (χ3v) is 3.70. The maximum absolute atomic E-state index is 13.4. The predicted molar refractivity (Wildman–Crippen MR) is 95.6 cm³/mol. The van der Waals surface area contributed by atoms with Gasteiger partial charge in [0.1, 0.15) is 17.3 Å². The Balaban J connectivity index is 1.87. The Bertz CT molecular complexity index is 948. The Kier molecular flexibility index (Phi) is 4.88. The van der Waals surface area contributed by atoms with E-state index in [9.17, 15) is 13.6 Å². The molecule has 0 saturated heterocycles. The Morgan fingerprint density at radius 1 is 1.00 bits per heavy atom. The Morgan fingerprint density at radius 2 is 1.73 bits per heavy atom. The fourth-order valence-electron chi connectivity index (χ4n) is 2.40. The van der Waals surface area contributed by atoms with Gasteiger partial charge in [-0.25, -0.2) is 18.7 Å². The van der Waals surface area contributed by atoms with E-state index in [0.717, 1.165) is 17.8 Å². The molecule has 0 atom stereocenters. The molecule has 0 saturated carbocycles. The molecule has 0 fully saturated rings. The minimum absolute atomic E-state index is 0.189. The Hall–Kier alpha value is -3.35. The van der Waals surface area contributed by atoms with E-state index in [-0.39, 0.29) is 11.6 Å². The van der Waals surface area contributed by atoms with Crippen molar-refractivity contribution in [1.29, 1.82) is 0 Å². The molecule has 1 N–H and O–H groups in total. The van der Waals surface area contributed by atoms with Gasteiger partial charge in [0, 0.05) is 30.6 Å². The number of aryl methyl sites for hydroxylation is 1. The van der Waals surface area contributed by atoms with Crippen molar-refractivity contribution in [2.24, 2.45) is 0 Å². The average molecular weight is 354 g/mol. The second-order valence-electron chi connectivity index (χ2n) is 5.64. The summed E-state index contributed by atoms with van der Waals surface area (Å²) in [5, 5.41) is 2.86. The first-order valence-electron chi connectivity index (χ1n) is 7.85. The SMILES string of the molecule is Cc1nc(Nc2ccc(F)c(F)c2)cc(C(=O)N(C)c2ccccc2)n1. The number of nitrogens with zero attached hydrogens (tertiary/aromatic N) is 3. The third kappa shape index (κ3) is 3.83. The minimum atomic E-state index is -0.971. The molecule has 0 aliphatic carbocycles. The molecule has 0 radical (unpaired) electrons. The number of rotatable bonds is 4. The molecule has 2 aromatic carbocycles. The van der Waals surface area contributed by atoms with Crippen molar-refractivity contribution >= 4 is 23.1 Å². The number of carbonyl (C=O) groups is 1. The first kappa shape index (κ1) is 17.5. The van der Waals surface area contributed by atoms with Crippen LogP contribution in [0.1, 0.15) is 16.3 Å². The number of amides is 1. The van der Waals surface area contributed by atoms with E-state index in [2.05, 4.69) is 15.3 Å². The number of carbonyl (C=O) groups excluding carboxylic acids is 1. The molecule has 1 heterocycles. The zero-order chi connectivity index (χ0) is 18.7. The van der Waals surface area contributed by atoms with E-state index in [1.165, 1.54) is 17.0 Å². The van der Waals surface area contributed by atoms with Gasteiger partial charge in [-0.2, -0.15) is 0 Å². The molecule has 1 amide bonds. The van der Waals surface area contributed by atoms with Gasteiger partial charge < -0.3 is 10.2 Å². The van der Waals surface area contributed by atoms with Crippen molar-refractivity contribution in [2.45, 2.75) is 6.92 Å². The van der Waals surface area contributed by atoms with Gasteiger partial charge in [0.2, 0.25) is 0 Å². The lowest BCUT2D eigenvalue weighted by atomic mass is 10.2. The zero-order valence-corrected chi connectivity index (χ0v) is 14.2. The molecular weight excluding hydrogens is 338 g/mol. The number of nitrogens with one attached hydrogen (secondary N) is 1. The molecular formula is C19H16F2N4O. The van der Waals surface area contributed by atoms with Crippen molar-refractivity contribution in [3.8, 4) is 0 Å². The summed E-state index contributed by atoms with van der Waals surface area (Å²) in [7, 11) is 1.65. The molecule has 3 rings (SSSR count).